The van der Waals surface area contributed by atoms with Crippen molar-refractivity contribution in [2.45, 2.75) is 82.8 Å². The van der Waals surface area contributed by atoms with Crippen molar-refractivity contribution in [2.75, 3.05) is 32.7 Å². The first-order valence-corrected chi connectivity index (χ1v) is 14.3. The maximum absolute atomic E-state index is 12.9. The van der Waals surface area contributed by atoms with Crippen LogP contribution in [0.2, 0.25) is 0 Å². The fourth-order valence-electron chi connectivity index (χ4n) is 6.84. The Hall–Kier alpha value is -2.21. The predicted molar refractivity (Wildman–Crippen MR) is 148 cm³/mol. The van der Waals surface area contributed by atoms with Crippen molar-refractivity contribution in [3.63, 3.8) is 0 Å². The second-order valence-corrected chi connectivity index (χ2v) is 11.1. The van der Waals surface area contributed by atoms with E-state index >= 15 is 0 Å². The third-order valence-corrected chi connectivity index (χ3v) is 8.68. The van der Waals surface area contributed by atoms with E-state index in [9.17, 15) is 4.79 Å². The van der Waals surface area contributed by atoms with E-state index < -0.39 is 0 Å². The Labute approximate surface area is 217 Å². The van der Waals surface area contributed by atoms with Crippen molar-refractivity contribution < 1.29 is 4.79 Å². The average molecular weight is 489 g/mol. The van der Waals surface area contributed by atoms with Crippen LogP contribution in [0.4, 0.5) is 0 Å². The average Bonchev–Trinajstić information content (AvgIpc) is 3.39. The lowest BCUT2D eigenvalue weighted by Gasteiger charge is -2.47. The summed E-state index contributed by atoms with van der Waals surface area (Å²) >= 11 is 0. The van der Waals surface area contributed by atoms with Crippen LogP contribution in [0.15, 0.2) is 60.2 Å². The third kappa shape index (κ3) is 5.69. The molecule has 1 N–H and O–H groups in total. The van der Waals surface area contributed by atoms with Gasteiger partial charge in [0.25, 0.3) is 5.91 Å². The first-order chi connectivity index (χ1) is 17.7. The lowest BCUT2D eigenvalue weighted by molar-refractivity contribution is 0.0533. The summed E-state index contributed by atoms with van der Waals surface area (Å²) in [4.78, 5) is 18.4. The summed E-state index contributed by atoms with van der Waals surface area (Å²) < 4.78 is 0. The quantitative estimate of drug-likeness (QED) is 0.481. The summed E-state index contributed by atoms with van der Waals surface area (Å²) in [5.41, 5.74) is 8.21. The molecule has 5 nitrogen and oxygen atoms in total. The number of allylic oxidation sites excluding steroid dienone is 3. The van der Waals surface area contributed by atoms with E-state index in [-0.39, 0.29) is 11.9 Å². The van der Waals surface area contributed by atoms with Crippen molar-refractivity contribution in [1.29, 1.82) is 0 Å². The molecule has 1 aliphatic carbocycles. The molecule has 2 bridgehead atoms. The molecule has 3 saturated heterocycles. The van der Waals surface area contributed by atoms with Gasteiger partial charge in [0.15, 0.2) is 0 Å². The van der Waals surface area contributed by atoms with Gasteiger partial charge in [-0.2, -0.15) is 0 Å². The molecule has 3 aliphatic heterocycles. The van der Waals surface area contributed by atoms with Gasteiger partial charge in [0.1, 0.15) is 0 Å². The molecule has 0 radical (unpaired) electrons. The molecule has 5 rings (SSSR count). The number of carbonyl (C=O) groups excluding carboxylic acids is 1. The van der Waals surface area contributed by atoms with Crippen molar-refractivity contribution in [3.05, 3.63) is 71.3 Å². The highest BCUT2D eigenvalue weighted by Crippen LogP contribution is 2.42. The van der Waals surface area contributed by atoms with Crippen LogP contribution in [-0.2, 0) is 0 Å². The van der Waals surface area contributed by atoms with Gasteiger partial charge in [-0.05, 0) is 74.6 Å². The second-order valence-electron chi connectivity index (χ2n) is 11.1. The molecule has 36 heavy (non-hydrogen) atoms. The predicted octanol–water partition coefficient (Wildman–Crippen LogP) is 5.64. The van der Waals surface area contributed by atoms with Gasteiger partial charge in [-0.25, -0.2) is 5.01 Å². The molecular weight excluding hydrogens is 444 g/mol. The van der Waals surface area contributed by atoms with Crippen LogP contribution in [0.1, 0.15) is 86.7 Å². The minimum Gasteiger partial charge on any atom is -0.298 e. The van der Waals surface area contributed by atoms with Gasteiger partial charge in [-0.1, -0.05) is 49.3 Å². The monoisotopic (exact) mass is 488 g/mol. The molecule has 5 heteroatoms. The van der Waals surface area contributed by atoms with E-state index in [2.05, 4.69) is 64.1 Å². The minimum atomic E-state index is 0.0137. The van der Waals surface area contributed by atoms with Gasteiger partial charge in [0, 0.05) is 50.4 Å². The van der Waals surface area contributed by atoms with E-state index in [1.54, 1.807) is 5.57 Å². The smallest absolute Gasteiger partial charge is 0.265 e. The molecule has 3 fully saturated rings. The third-order valence-electron chi connectivity index (χ3n) is 8.68. The summed E-state index contributed by atoms with van der Waals surface area (Å²) in [5.74, 6) is 0.0137. The molecule has 194 valence electrons. The first-order valence-electron chi connectivity index (χ1n) is 14.3. The molecule has 0 aromatic heterocycles. The van der Waals surface area contributed by atoms with Crippen LogP contribution in [0.5, 0.6) is 0 Å². The molecule has 3 atom stereocenters. The number of rotatable bonds is 8. The fourth-order valence-corrected chi connectivity index (χ4v) is 6.84. The Bertz CT molecular complexity index is 975. The minimum absolute atomic E-state index is 0.0137. The van der Waals surface area contributed by atoms with Crippen molar-refractivity contribution in [3.8, 4) is 0 Å². The molecule has 1 aromatic rings. The van der Waals surface area contributed by atoms with E-state index in [0.717, 1.165) is 70.4 Å². The lowest BCUT2D eigenvalue weighted by Crippen LogP contribution is -2.50. The summed E-state index contributed by atoms with van der Waals surface area (Å²) in [6, 6.07) is 10.0. The summed E-state index contributed by atoms with van der Waals surface area (Å²) in [6.07, 6.45) is 17.7. The van der Waals surface area contributed by atoms with E-state index in [0.29, 0.717) is 12.1 Å². The molecule has 3 unspecified atom stereocenters. The van der Waals surface area contributed by atoms with E-state index in [4.69, 9.17) is 0 Å². The van der Waals surface area contributed by atoms with Gasteiger partial charge in [-0.15, -0.1) is 6.58 Å². The normalized spacial score (nSPS) is 26.6. The topological polar surface area (TPSA) is 38.8 Å². The van der Waals surface area contributed by atoms with Crippen LogP contribution < -0.4 is 5.43 Å². The number of hydrogen-bond acceptors (Lipinski definition) is 4. The second kappa shape index (κ2) is 11.9. The highest BCUT2D eigenvalue weighted by molar-refractivity contribution is 5.93. The zero-order valence-electron chi connectivity index (χ0n) is 22.1. The Morgan fingerprint density at radius 3 is 2.61 bits per heavy atom. The maximum Gasteiger partial charge on any atom is 0.265 e. The van der Waals surface area contributed by atoms with Crippen molar-refractivity contribution >= 4 is 5.91 Å². The molecule has 3 heterocycles. The number of benzene rings is 1. The van der Waals surface area contributed by atoms with Gasteiger partial charge >= 0.3 is 0 Å². The van der Waals surface area contributed by atoms with Gasteiger partial charge in [0.05, 0.1) is 6.04 Å². The Kier molecular flexibility index (Phi) is 8.40. The molecular formula is C31H44N4O. The van der Waals surface area contributed by atoms with Crippen LogP contribution >= 0.6 is 0 Å². The van der Waals surface area contributed by atoms with Crippen molar-refractivity contribution in [2.24, 2.45) is 0 Å². The molecule has 1 aromatic carbocycles. The van der Waals surface area contributed by atoms with Crippen LogP contribution in [-0.4, -0.2) is 65.5 Å². The van der Waals surface area contributed by atoms with Crippen LogP contribution in [0.3, 0.4) is 0 Å². The summed E-state index contributed by atoms with van der Waals surface area (Å²) in [6.45, 7) is 11.4. The van der Waals surface area contributed by atoms with Crippen LogP contribution in [0.25, 0.3) is 0 Å². The number of nitrogens with one attached hydrogen (secondary N) is 1. The Balaban J connectivity index is 1.45. The number of fused-ring (bicyclic) bond motifs is 2. The Morgan fingerprint density at radius 1 is 1.08 bits per heavy atom. The molecule has 1 amide bonds. The first kappa shape index (κ1) is 25.4. The number of nitrogens with zero attached hydrogens (tertiary/aromatic N) is 3. The summed E-state index contributed by atoms with van der Waals surface area (Å²) in [7, 11) is 0. The SMILES string of the molecule is C=CCN1CCC2CCCC(C1)N2C(C1=CC(CC)=CCC1)c1ccc(C(=O)NN2CCCC2)cc1. The van der Waals surface area contributed by atoms with Crippen molar-refractivity contribution in [1.82, 2.24) is 20.2 Å². The number of carbonyl (C=O) groups is 1. The number of piperidine rings is 1. The Morgan fingerprint density at radius 2 is 1.86 bits per heavy atom. The largest absolute Gasteiger partial charge is 0.298 e. The maximum atomic E-state index is 12.9. The van der Waals surface area contributed by atoms with Crippen LogP contribution in [0, 0.1) is 0 Å². The molecule has 4 aliphatic rings. The molecule has 0 spiro atoms. The zero-order valence-corrected chi connectivity index (χ0v) is 22.1. The van der Waals surface area contributed by atoms with Gasteiger partial charge in [-0.3, -0.25) is 20.0 Å². The summed E-state index contributed by atoms with van der Waals surface area (Å²) in [5, 5.41) is 2.05. The van der Waals surface area contributed by atoms with E-state index in [1.807, 2.05) is 12.1 Å². The zero-order chi connectivity index (χ0) is 24.9. The molecule has 0 saturated carbocycles. The van der Waals surface area contributed by atoms with Gasteiger partial charge < -0.3 is 0 Å². The number of hydrogen-bond donors (Lipinski definition) is 1. The standard InChI is InChI=1S/C31H44N4O/c1-3-18-33-21-17-28-11-8-12-29(23-33)35(28)30(27-10-7-9-24(4-2)22-27)25-13-15-26(16-14-25)31(36)32-34-19-5-6-20-34/h3,9,13-16,22,28-30H,1,4-8,10-12,17-21,23H2,2H3,(H,32,36). The number of hydrazine groups is 1. The highest BCUT2D eigenvalue weighted by atomic mass is 16.2. The highest BCUT2D eigenvalue weighted by Gasteiger charge is 2.40. The van der Waals surface area contributed by atoms with E-state index in [1.165, 1.54) is 36.8 Å². The fraction of sp³-hybridized carbons (Fsp3) is 0.581. The van der Waals surface area contributed by atoms with Gasteiger partial charge in [0.2, 0.25) is 0 Å². The number of amides is 1. The lowest BCUT2D eigenvalue weighted by atomic mass is 9.83.